The van der Waals surface area contributed by atoms with Crippen LogP contribution in [0.4, 0.5) is 0 Å². The Hall–Kier alpha value is -0.820. The molecule has 0 bridgehead atoms. The molecule has 0 amide bonds. The third kappa shape index (κ3) is 2.90. The highest BCUT2D eigenvalue weighted by Crippen LogP contribution is 2.43. The molecule has 94 valence electrons. The molecule has 1 saturated carbocycles. The predicted octanol–water partition coefficient (Wildman–Crippen LogP) is 4.27. The Morgan fingerprint density at radius 3 is 2.71 bits per heavy atom. The van der Waals surface area contributed by atoms with Crippen molar-refractivity contribution in [3.63, 3.8) is 0 Å². The molecule has 1 aromatic carbocycles. The molecule has 0 radical (unpaired) electrons. The fraction of sp³-hybridized carbons (Fsp3) is 0.625. The lowest BCUT2D eigenvalue weighted by atomic mass is 9.70. The minimum Gasteiger partial charge on any atom is -0.389 e. The fourth-order valence-corrected chi connectivity index (χ4v) is 3.17. The summed E-state index contributed by atoms with van der Waals surface area (Å²) in [6.45, 7) is 2.20. The standard InChI is InChI=1S/C16H24O/c1-2-3-12-16(17)13-8-7-11-15(16)14-9-5-4-6-10-14/h4-6,9-10,15,17H,2-3,7-8,11-13H2,1H3/t15-,16-/m1/s1. The van der Waals surface area contributed by atoms with Crippen LogP contribution in [-0.2, 0) is 0 Å². The summed E-state index contributed by atoms with van der Waals surface area (Å²) in [7, 11) is 0. The second-order valence-corrected chi connectivity index (χ2v) is 5.42. The summed E-state index contributed by atoms with van der Waals surface area (Å²) in [6, 6.07) is 10.6. The van der Waals surface area contributed by atoms with E-state index in [4.69, 9.17) is 0 Å². The van der Waals surface area contributed by atoms with E-state index in [-0.39, 0.29) is 0 Å². The van der Waals surface area contributed by atoms with E-state index in [9.17, 15) is 5.11 Å². The van der Waals surface area contributed by atoms with Crippen molar-refractivity contribution in [1.82, 2.24) is 0 Å². The van der Waals surface area contributed by atoms with Gasteiger partial charge in [-0.2, -0.15) is 0 Å². The minimum absolute atomic E-state index is 0.351. The Kier molecular flexibility index (Phi) is 4.22. The zero-order valence-corrected chi connectivity index (χ0v) is 10.9. The molecule has 1 aliphatic carbocycles. The summed E-state index contributed by atoms with van der Waals surface area (Å²) in [5.41, 5.74) is 0.876. The summed E-state index contributed by atoms with van der Waals surface area (Å²) >= 11 is 0. The summed E-state index contributed by atoms with van der Waals surface area (Å²) in [4.78, 5) is 0. The van der Waals surface area contributed by atoms with Crippen LogP contribution in [-0.4, -0.2) is 10.7 Å². The molecule has 2 rings (SSSR count). The number of hydrogen-bond acceptors (Lipinski definition) is 1. The molecular weight excluding hydrogens is 208 g/mol. The average molecular weight is 232 g/mol. The van der Waals surface area contributed by atoms with E-state index >= 15 is 0 Å². The number of benzene rings is 1. The summed E-state index contributed by atoms with van der Waals surface area (Å²) < 4.78 is 0. The van der Waals surface area contributed by atoms with Crippen LogP contribution in [0.2, 0.25) is 0 Å². The second-order valence-electron chi connectivity index (χ2n) is 5.42. The maximum absolute atomic E-state index is 10.9. The van der Waals surface area contributed by atoms with Crippen molar-refractivity contribution in [2.75, 3.05) is 0 Å². The predicted molar refractivity (Wildman–Crippen MR) is 72.1 cm³/mol. The van der Waals surface area contributed by atoms with Gasteiger partial charge in [0.05, 0.1) is 5.60 Å². The Bertz CT molecular complexity index is 333. The van der Waals surface area contributed by atoms with Gasteiger partial charge in [-0.15, -0.1) is 0 Å². The molecule has 0 unspecified atom stereocenters. The van der Waals surface area contributed by atoms with Gasteiger partial charge in [-0.25, -0.2) is 0 Å². The van der Waals surface area contributed by atoms with Crippen LogP contribution < -0.4 is 0 Å². The highest BCUT2D eigenvalue weighted by Gasteiger charge is 2.38. The van der Waals surface area contributed by atoms with Crippen molar-refractivity contribution in [3.8, 4) is 0 Å². The van der Waals surface area contributed by atoms with Gasteiger partial charge in [0, 0.05) is 5.92 Å². The van der Waals surface area contributed by atoms with Crippen LogP contribution in [0.1, 0.15) is 63.4 Å². The van der Waals surface area contributed by atoms with E-state index in [2.05, 4.69) is 37.3 Å². The third-order valence-corrected chi connectivity index (χ3v) is 4.17. The maximum Gasteiger partial charge on any atom is 0.0716 e. The Morgan fingerprint density at radius 2 is 2.00 bits per heavy atom. The normalized spacial score (nSPS) is 29.2. The zero-order valence-electron chi connectivity index (χ0n) is 10.9. The molecule has 1 aliphatic rings. The van der Waals surface area contributed by atoms with Gasteiger partial charge in [0.25, 0.3) is 0 Å². The molecule has 0 heterocycles. The molecule has 17 heavy (non-hydrogen) atoms. The molecule has 0 spiro atoms. The highest BCUT2D eigenvalue weighted by atomic mass is 16.3. The van der Waals surface area contributed by atoms with Gasteiger partial charge in [0.15, 0.2) is 0 Å². The van der Waals surface area contributed by atoms with Crippen LogP contribution in [0.5, 0.6) is 0 Å². The van der Waals surface area contributed by atoms with Crippen molar-refractivity contribution >= 4 is 0 Å². The molecule has 2 atom stereocenters. The molecule has 1 fully saturated rings. The van der Waals surface area contributed by atoms with Gasteiger partial charge in [0.2, 0.25) is 0 Å². The monoisotopic (exact) mass is 232 g/mol. The highest BCUT2D eigenvalue weighted by molar-refractivity contribution is 5.23. The third-order valence-electron chi connectivity index (χ3n) is 4.17. The van der Waals surface area contributed by atoms with E-state index < -0.39 is 5.60 Å². The smallest absolute Gasteiger partial charge is 0.0716 e. The van der Waals surface area contributed by atoms with Crippen LogP contribution in [0.3, 0.4) is 0 Å². The van der Waals surface area contributed by atoms with E-state index in [0.717, 1.165) is 25.7 Å². The van der Waals surface area contributed by atoms with Gasteiger partial charge < -0.3 is 5.11 Å². The largest absolute Gasteiger partial charge is 0.389 e. The number of unbranched alkanes of at least 4 members (excludes halogenated alkanes) is 1. The van der Waals surface area contributed by atoms with Gasteiger partial charge in [-0.05, 0) is 24.8 Å². The quantitative estimate of drug-likeness (QED) is 0.822. The summed E-state index contributed by atoms with van der Waals surface area (Å²) in [5, 5.41) is 10.9. The fourth-order valence-electron chi connectivity index (χ4n) is 3.17. The minimum atomic E-state index is -0.449. The number of aliphatic hydroxyl groups is 1. The molecule has 1 nitrogen and oxygen atoms in total. The molecule has 0 aromatic heterocycles. The second kappa shape index (κ2) is 5.68. The van der Waals surface area contributed by atoms with E-state index in [1.54, 1.807) is 0 Å². The molecule has 1 N–H and O–H groups in total. The zero-order chi connectivity index (χ0) is 12.1. The first-order chi connectivity index (χ1) is 8.26. The van der Waals surface area contributed by atoms with Crippen LogP contribution in [0, 0.1) is 0 Å². The molecule has 1 aromatic rings. The van der Waals surface area contributed by atoms with E-state index in [0.29, 0.717) is 5.92 Å². The summed E-state index contributed by atoms with van der Waals surface area (Å²) in [5.74, 6) is 0.351. The van der Waals surface area contributed by atoms with E-state index in [1.165, 1.54) is 24.8 Å². The first-order valence-corrected chi connectivity index (χ1v) is 7.03. The van der Waals surface area contributed by atoms with Gasteiger partial charge in [0.1, 0.15) is 0 Å². The van der Waals surface area contributed by atoms with Gasteiger partial charge >= 0.3 is 0 Å². The SMILES string of the molecule is CCCC[C@@]1(O)CCCC[C@@H]1c1ccccc1. The topological polar surface area (TPSA) is 20.2 Å². The first kappa shape index (κ1) is 12.6. The van der Waals surface area contributed by atoms with Crippen LogP contribution in [0.15, 0.2) is 30.3 Å². The summed E-state index contributed by atoms with van der Waals surface area (Å²) in [6.07, 6.45) is 7.83. The average Bonchev–Trinajstić information content (AvgIpc) is 2.38. The van der Waals surface area contributed by atoms with Gasteiger partial charge in [-0.3, -0.25) is 0 Å². The maximum atomic E-state index is 10.9. The molecule has 0 aliphatic heterocycles. The number of hydrogen-bond donors (Lipinski definition) is 1. The van der Waals surface area contributed by atoms with E-state index in [1.807, 2.05) is 0 Å². The van der Waals surface area contributed by atoms with Crippen molar-refractivity contribution in [2.45, 2.75) is 63.4 Å². The van der Waals surface area contributed by atoms with Crippen LogP contribution in [0.25, 0.3) is 0 Å². The molecule has 1 heteroatoms. The lowest BCUT2D eigenvalue weighted by molar-refractivity contribution is -0.0260. The lowest BCUT2D eigenvalue weighted by Gasteiger charge is -2.40. The Balaban J connectivity index is 2.17. The lowest BCUT2D eigenvalue weighted by Crippen LogP contribution is -2.39. The van der Waals surface area contributed by atoms with Crippen molar-refractivity contribution in [3.05, 3.63) is 35.9 Å². The van der Waals surface area contributed by atoms with Gasteiger partial charge in [-0.1, -0.05) is 62.9 Å². The molecular formula is C16H24O. The van der Waals surface area contributed by atoms with Crippen molar-refractivity contribution < 1.29 is 5.11 Å². The van der Waals surface area contributed by atoms with Crippen molar-refractivity contribution in [2.24, 2.45) is 0 Å². The van der Waals surface area contributed by atoms with Crippen LogP contribution >= 0.6 is 0 Å². The first-order valence-electron chi connectivity index (χ1n) is 7.03. The Labute approximate surface area is 105 Å². The number of rotatable bonds is 4. The van der Waals surface area contributed by atoms with Crippen molar-refractivity contribution in [1.29, 1.82) is 0 Å². The molecule has 0 saturated heterocycles. The Morgan fingerprint density at radius 1 is 1.24 bits per heavy atom.